The molecule has 1 aliphatic rings. The number of amides is 1. The number of ether oxygens (including phenoxy) is 1. The van der Waals surface area contributed by atoms with Gasteiger partial charge in [-0.3, -0.25) is 4.79 Å². The number of hydrogen-bond donors (Lipinski definition) is 0. The summed E-state index contributed by atoms with van der Waals surface area (Å²) >= 11 is 3.43. The van der Waals surface area contributed by atoms with Gasteiger partial charge in [-0.25, -0.2) is 0 Å². The maximum Gasteiger partial charge on any atom is 0.258 e. The fourth-order valence-electron chi connectivity index (χ4n) is 1.66. The highest BCUT2D eigenvalue weighted by Crippen LogP contribution is 2.34. The standard InChI is InChI=1S/C10H10BrNO2/c1-12-5-6-7(11)3-4-8(14-2)9(6)10(12)13/h3-4H,5H2,1-2H3. The molecule has 0 N–H and O–H groups in total. The lowest BCUT2D eigenvalue weighted by Gasteiger charge is -2.06. The molecule has 1 amide bonds. The molecule has 0 spiro atoms. The average molecular weight is 256 g/mol. The third kappa shape index (κ3) is 1.21. The summed E-state index contributed by atoms with van der Waals surface area (Å²) in [5.74, 6) is 0.677. The van der Waals surface area contributed by atoms with E-state index in [0.717, 1.165) is 10.0 Å². The molecule has 3 nitrogen and oxygen atoms in total. The molecule has 1 aromatic carbocycles. The number of fused-ring (bicyclic) bond motifs is 1. The van der Waals surface area contributed by atoms with Crippen molar-refractivity contribution in [1.29, 1.82) is 0 Å². The van der Waals surface area contributed by atoms with Crippen molar-refractivity contribution in [3.8, 4) is 5.75 Å². The highest BCUT2D eigenvalue weighted by atomic mass is 79.9. The van der Waals surface area contributed by atoms with Gasteiger partial charge in [0.2, 0.25) is 0 Å². The molecule has 0 fully saturated rings. The summed E-state index contributed by atoms with van der Waals surface area (Å²) in [7, 11) is 3.36. The maximum absolute atomic E-state index is 11.8. The number of methoxy groups -OCH3 is 1. The van der Waals surface area contributed by atoms with Crippen molar-refractivity contribution in [3.63, 3.8) is 0 Å². The minimum absolute atomic E-state index is 0.0261. The van der Waals surface area contributed by atoms with Crippen LogP contribution in [0.4, 0.5) is 0 Å². The van der Waals surface area contributed by atoms with E-state index >= 15 is 0 Å². The summed E-state index contributed by atoms with van der Waals surface area (Å²) in [4.78, 5) is 13.4. The van der Waals surface area contributed by atoms with Crippen molar-refractivity contribution >= 4 is 21.8 Å². The second-order valence-electron chi connectivity index (χ2n) is 3.26. The molecule has 0 aliphatic carbocycles. The lowest BCUT2D eigenvalue weighted by Crippen LogP contribution is -2.17. The molecule has 1 aliphatic heterocycles. The van der Waals surface area contributed by atoms with Gasteiger partial charge in [0, 0.05) is 23.6 Å². The molecule has 0 unspecified atom stereocenters. The number of halogens is 1. The molecule has 2 rings (SSSR count). The minimum atomic E-state index is 0.0261. The highest BCUT2D eigenvalue weighted by Gasteiger charge is 2.29. The highest BCUT2D eigenvalue weighted by molar-refractivity contribution is 9.10. The number of benzene rings is 1. The Balaban J connectivity index is 2.65. The summed E-state index contributed by atoms with van der Waals surface area (Å²) < 4.78 is 6.13. The van der Waals surface area contributed by atoms with Crippen LogP contribution in [0.3, 0.4) is 0 Å². The van der Waals surface area contributed by atoms with E-state index in [-0.39, 0.29) is 5.91 Å². The van der Waals surface area contributed by atoms with E-state index in [0.29, 0.717) is 17.9 Å². The number of nitrogens with zero attached hydrogens (tertiary/aromatic N) is 1. The first-order chi connectivity index (χ1) is 6.65. The van der Waals surface area contributed by atoms with E-state index in [1.165, 1.54) is 0 Å². The van der Waals surface area contributed by atoms with Gasteiger partial charge in [-0.1, -0.05) is 15.9 Å². The second kappa shape index (κ2) is 3.28. The van der Waals surface area contributed by atoms with E-state index < -0.39 is 0 Å². The smallest absolute Gasteiger partial charge is 0.258 e. The van der Waals surface area contributed by atoms with Gasteiger partial charge < -0.3 is 9.64 Å². The molecule has 0 aromatic heterocycles. The monoisotopic (exact) mass is 255 g/mol. The lowest BCUT2D eigenvalue weighted by molar-refractivity contribution is 0.0814. The zero-order valence-corrected chi connectivity index (χ0v) is 9.59. The van der Waals surface area contributed by atoms with Gasteiger partial charge in [-0.2, -0.15) is 0 Å². The van der Waals surface area contributed by atoms with Gasteiger partial charge in [0.25, 0.3) is 5.91 Å². The van der Waals surface area contributed by atoms with Crippen molar-refractivity contribution in [2.45, 2.75) is 6.54 Å². The number of hydrogen-bond acceptors (Lipinski definition) is 2. The third-order valence-corrected chi connectivity index (χ3v) is 3.14. The first-order valence-corrected chi connectivity index (χ1v) is 5.05. The predicted octanol–water partition coefficient (Wildman–Crippen LogP) is 2.04. The predicted molar refractivity (Wildman–Crippen MR) is 56.5 cm³/mol. The van der Waals surface area contributed by atoms with Crippen LogP contribution in [0.15, 0.2) is 16.6 Å². The van der Waals surface area contributed by atoms with Gasteiger partial charge in [0.1, 0.15) is 5.75 Å². The van der Waals surface area contributed by atoms with Gasteiger partial charge in [0.05, 0.1) is 12.7 Å². The van der Waals surface area contributed by atoms with Crippen molar-refractivity contribution < 1.29 is 9.53 Å². The molecule has 0 radical (unpaired) electrons. The van der Waals surface area contributed by atoms with Crippen molar-refractivity contribution in [1.82, 2.24) is 4.90 Å². The zero-order valence-electron chi connectivity index (χ0n) is 8.00. The van der Waals surface area contributed by atoms with E-state index in [9.17, 15) is 4.79 Å². The molecule has 4 heteroatoms. The molecule has 0 atom stereocenters. The summed E-state index contributed by atoms with van der Waals surface area (Å²) in [5, 5.41) is 0. The SMILES string of the molecule is COc1ccc(Br)c2c1C(=O)N(C)C2. The Morgan fingerprint density at radius 1 is 1.50 bits per heavy atom. The lowest BCUT2D eigenvalue weighted by atomic mass is 10.1. The number of carbonyl (C=O) groups is 1. The van der Waals surface area contributed by atoms with Crippen LogP contribution in [0.25, 0.3) is 0 Å². The molecular formula is C10H10BrNO2. The molecule has 14 heavy (non-hydrogen) atoms. The van der Waals surface area contributed by atoms with E-state index in [4.69, 9.17) is 4.74 Å². The van der Waals surface area contributed by atoms with E-state index in [1.807, 2.05) is 6.07 Å². The second-order valence-corrected chi connectivity index (χ2v) is 4.12. The first kappa shape index (κ1) is 9.52. The van der Waals surface area contributed by atoms with Crippen LogP contribution >= 0.6 is 15.9 Å². The van der Waals surface area contributed by atoms with Crippen LogP contribution in [-0.4, -0.2) is 25.0 Å². The molecule has 1 heterocycles. The van der Waals surface area contributed by atoms with Crippen LogP contribution in [0.5, 0.6) is 5.75 Å². The van der Waals surface area contributed by atoms with Crippen LogP contribution in [0.2, 0.25) is 0 Å². The largest absolute Gasteiger partial charge is 0.496 e. The van der Waals surface area contributed by atoms with Crippen molar-refractivity contribution in [2.24, 2.45) is 0 Å². The molecule has 0 saturated heterocycles. The average Bonchev–Trinajstić information content (AvgIpc) is 2.47. The first-order valence-electron chi connectivity index (χ1n) is 4.26. The zero-order chi connectivity index (χ0) is 10.3. The van der Waals surface area contributed by atoms with E-state index in [1.54, 1.807) is 25.1 Å². The van der Waals surface area contributed by atoms with Crippen molar-refractivity contribution in [2.75, 3.05) is 14.2 Å². The van der Waals surface area contributed by atoms with Crippen LogP contribution in [0, 0.1) is 0 Å². The van der Waals surface area contributed by atoms with Crippen LogP contribution < -0.4 is 4.74 Å². The minimum Gasteiger partial charge on any atom is -0.496 e. The molecule has 0 bridgehead atoms. The molecule has 1 aromatic rings. The molecular weight excluding hydrogens is 246 g/mol. The Hall–Kier alpha value is -1.03. The van der Waals surface area contributed by atoms with E-state index in [2.05, 4.69) is 15.9 Å². The Kier molecular flexibility index (Phi) is 2.23. The Labute approximate surface area is 90.8 Å². The summed E-state index contributed by atoms with van der Waals surface area (Å²) in [6, 6.07) is 3.71. The maximum atomic E-state index is 11.8. The van der Waals surface area contributed by atoms with Crippen molar-refractivity contribution in [3.05, 3.63) is 27.7 Å². The fourth-order valence-corrected chi connectivity index (χ4v) is 2.12. The Morgan fingerprint density at radius 3 is 2.86 bits per heavy atom. The topological polar surface area (TPSA) is 29.5 Å². The van der Waals surface area contributed by atoms with Crippen LogP contribution in [0.1, 0.15) is 15.9 Å². The van der Waals surface area contributed by atoms with Gasteiger partial charge in [-0.05, 0) is 12.1 Å². The number of rotatable bonds is 1. The van der Waals surface area contributed by atoms with Gasteiger partial charge in [-0.15, -0.1) is 0 Å². The normalized spacial score (nSPS) is 14.5. The number of carbonyl (C=O) groups excluding carboxylic acids is 1. The van der Waals surface area contributed by atoms with Crippen LogP contribution in [-0.2, 0) is 6.54 Å². The van der Waals surface area contributed by atoms with Gasteiger partial charge in [0.15, 0.2) is 0 Å². The quantitative estimate of drug-likeness (QED) is 0.769. The summed E-state index contributed by atoms with van der Waals surface area (Å²) in [5.41, 5.74) is 1.70. The Morgan fingerprint density at radius 2 is 2.21 bits per heavy atom. The molecule has 74 valence electrons. The fraction of sp³-hybridized carbons (Fsp3) is 0.300. The summed E-state index contributed by atoms with van der Waals surface area (Å²) in [6.07, 6.45) is 0. The Bertz CT molecular complexity index is 403. The third-order valence-electron chi connectivity index (χ3n) is 2.39. The van der Waals surface area contributed by atoms with Gasteiger partial charge >= 0.3 is 0 Å². The summed E-state index contributed by atoms with van der Waals surface area (Å²) in [6.45, 7) is 0.645. The molecule has 0 saturated carbocycles.